The van der Waals surface area contributed by atoms with Crippen molar-refractivity contribution in [2.24, 2.45) is 0 Å². The van der Waals surface area contributed by atoms with Crippen LogP contribution in [0.1, 0.15) is 75.8 Å². The molecule has 5 rings (SSSR count). The molecule has 0 spiro atoms. The van der Waals surface area contributed by atoms with Crippen molar-refractivity contribution in [3.8, 4) is 11.5 Å². The molecule has 1 N–H and O–H groups in total. The number of nitrogens with one attached hydrogen (secondary N) is 1. The van der Waals surface area contributed by atoms with Crippen LogP contribution in [0.4, 0.5) is 4.39 Å². The van der Waals surface area contributed by atoms with E-state index in [1.54, 1.807) is 26.4 Å². The number of amides is 1. The van der Waals surface area contributed by atoms with Crippen LogP contribution in [-0.2, 0) is 40.3 Å². The van der Waals surface area contributed by atoms with Crippen molar-refractivity contribution in [1.82, 2.24) is 10.2 Å². The van der Waals surface area contributed by atoms with E-state index in [0.29, 0.717) is 25.3 Å². The van der Waals surface area contributed by atoms with Gasteiger partial charge in [0.05, 0.1) is 33.5 Å². The van der Waals surface area contributed by atoms with Crippen LogP contribution in [-0.4, -0.2) is 63.8 Å². The smallest absolute Gasteiger partial charge is 0.328 e. The average molecular weight is 619 g/mol. The molecule has 9 heteroatoms. The van der Waals surface area contributed by atoms with E-state index >= 15 is 4.39 Å². The number of methoxy groups -OCH3 is 3. The maximum atomic E-state index is 15.1. The maximum Gasteiger partial charge on any atom is 0.328 e. The summed E-state index contributed by atoms with van der Waals surface area (Å²) >= 11 is 0. The molecule has 2 atom stereocenters. The molecule has 0 saturated carbocycles. The van der Waals surface area contributed by atoms with Gasteiger partial charge in [-0.2, -0.15) is 0 Å². The zero-order valence-corrected chi connectivity index (χ0v) is 26.6. The number of nitrogens with zero attached hydrogens (tertiary/aromatic N) is 1. The first-order valence-corrected chi connectivity index (χ1v) is 15.7. The Morgan fingerprint density at radius 3 is 2.36 bits per heavy atom. The number of ether oxygens (including phenoxy) is 4. The fraction of sp³-hybridized carbons (Fsp3) is 0.444. The summed E-state index contributed by atoms with van der Waals surface area (Å²) in [5.74, 6) is -0.315. The predicted molar refractivity (Wildman–Crippen MR) is 169 cm³/mol. The fourth-order valence-corrected chi connectivity index (χ4v) is 6.78. The first-order valence-electron chi connectivity index (χ1n) is 15.7. The highest BCUT2D eigenvalue weighted by Gasteiger charge is 2.33. The van der Waals surface area contributed by atoms with E-state index in [2.05, 4.69) is 16.3 Å². The summed E-state index contributed by atoms with van der Waals surface area (Å²) in [5.41, 5.74) is 5.70. The zero-order valence-electron chi connectivity index (χ0n) is 26.6. The molecule has 8 nitrogen and oxygen atoms in total. The van der Waals surface area contributed by atoms with E-state index in [4.69, 9.17) is 18.9 Å². The Morgan fingerprint density at radius 1 is 1.00 bits per heavy atom. The fourth-order valence-electron chi connectivity index (χ4n) is 6.78. The third kappa shape index (κ3) is 7.15. The third-order valence-electron chi connectivity index (χ3n) is 8.93. The monoisotopic (exact) mass is 618 g/mol. The number of hydrogen-bond acceptors (Lipinski definition) is 7. The molecule has 3 aromatic rings. The number of rotatable bonds is 13. The van der Waals surface area contributed by atoms with Crippen LogP contribution in [0, 0.1) is 5.82 Å². The summed E-state index contributed by atoms with van der Waals surface area (Å²) in [6.07, 6.45) is 3.99. The Kier molecular flexibility index (Phi) is 10.7. The molecule has 2 aliphatic rings. The molecule has 3 aromatic carbocycles. The summed E-state index contributed by atoms with van der Waals surface area (Å²) < 4.78 is 37.5. The van der Waals surface area contributed by atoms with Gasteiger partial charge in [0.15, 0.2) is 0 Å². The predicted octanol–water partition coefficient (Wildman–Crippen LogP) is 5.57. The number of esters is 1. The quantitative estimate of drug-likeness (QED) is 0.251. The van der Waals surface area contributed by atoms with Gasteiger partial charge in [0.25, 0.3) is 5.91 Å². The number of fused-ring (bicyclic) bond motifs is 1. The van der Waals surface area contributed by atoms with Crippen molar-refractivity contribution in [3.05, 3.63) is 93.3 Å². The number of hydrogen-bond donors (Lipinski definition) is 1. The lowest BCUT2D eigenvalue weighted by Gasteiger charge is -2.22. The third-order valence-corrected chi connectivity index (χ3v) is 8.93. The van der Waals surface area contributed by atoms with Crippen LogP contribution in [0.25, 0.3) is 0 Å². The Bertz CT molecular complexity index is 1490. The van der Waals surface area contributed by atoms with Crippen molar-refractivity contribution < 1.29 is 32.9 Å². The van der Waals surface area contributed by atoms with Gasteiger partial charge in [0, 0.05) is 31.1 Å². The molecule has 1 aliphatic carbocycles. The van der Waals surface area contributed by atoms with Gasteiger partial charge in [-0.15, -0.1) is 0 Å². The van der Waals surface area contributed by atoms with Crippen LogP contribution in [0.15, 0.2) is 48.5 Å². The summed E-state index contributed by atoms with van der Waals surface area (Å²) in [4.78, 5) is 28.8. The van der Waals surface area contributed by atoms with Gasteiger partial charge < -0.3 is 24.3 Å². The van der Waals surface area contributed by atoms with E-state index < -0.39 is 23.7 Å². The minimum Gasteiger partial charge on any atom is -0.496 e. The lowest BCUT2D eigenvalue weighted by atomic mass is 9.89. The summed E-state index contributed by atoms with van der Waals surface area (Å²) in [5, 5.41) is 2.81. The van der Waals surface area contributed by atoms with Crippen molar-refractivity contribution in [1.29, 1.82) is 0 Å². The van der Waals surface area contributed by atoms with E-state index in [1.165, 1.54) is 13.2 Å². The van der Waals surface area contributed by atoms with Crippen LogP contribution < -0.4 is 14.8 Å². The lowest BCUT2D eigenvalue weighted by molar-refractivity contribution is -0.142. The van der Waals surface area contributed by atoms with Crippen molar-refractivity contribution in [3.63, 3.8) is 0 Å². The van der Waals surface area contributed by atoms with Gasteiger partial charge >= 0.3 is 5.97 Å². The Balaban J connectivity index is 1.42. The van der Waals surface area contributed by atoms with Crippen molar-refractivity contribution in [2.45, 2.75) is 64.1 Å². The molecular formula is C36H43FN2O6. The zero-order chi connectivity index (χ0) is 31.9. The van der Waals surface area contributed by atoms with Crippen LogP contribution in [0.2, 0.25) is 0 Å². The van der Waals surface area contributed by atoms with E-state index in [0.717, 1.165) is 78.1 Å². The highest BCUT2D eigenvalue weighted by Crippen LogP contribution is 2.47. The maximum absolute atomic E-state index is 15.1. The normalized spacial score (nSPS) is 16.7. The number of carbonyl (C=O) groups is 2. The van der Waals surface area contributed by atoms with Gasteiger partial charge in [-0.3, -0.25) is 9.69 Å². The molecule has 45 heavy (non-hydrogen) atoms. The van der Waals surface area contributed by atoms with E-state index in [-0.39, 0.29) is 17.9 Å². The minimum atomic E-state index is -0.991. The molecule has 240 valence electrons. The molecule has 1 heterocycles. The van der Waals surface area contributed by atoms with E-state index in [1.807, 2.05) is 31.2 Å². The van der Waals surface area contributed by atoms with Gasteiger partial charge in [-0.1, -0.05) is 30.3 Å². The van der Waals surface area contributed by atoms with Gasteiger partial charge in [-0.25, -0.2) is 9.18 Å². The van der Waals surface area contributed by atoms with Crippen LogP contribution in [0.3, 0.4) is 0 Å². The first-order chi connectivity index (χ1) is 21.9. The summed E-state index contributed by atoms with van der Waals surface area (Å²) in [6.45, 7) is 5.34. The molecule has 0 bridgehead atoms. The van der Waals surface area contributed by atoms with Gasteiger partial charge in [0.2, 0.25) is 0 Å². The van der Waals surface area contributed by atoms with E-state index in [9.17, 15) is 9.59 Å². The molecule has 0 unspecified atom stereocenters. The largest absolute Gasteiger partial charge is 0.496 e. The van der Waals surface area contributed by atoms with Crippen molar-refractivity contribution >= 4 is 11.9 Å². The minimum absolute atomic E-state index is 0.0173. The van der Waals surface area contributed by atoms with Gasteiger partial charge in [-0.05, 0) is 91.7 Å². The highest BCUT2D eigenvalue weighted by atomic mass is 19.1. The first kappa shape index (κ1) is 32.4. The molecule has 1 amide bonds. The standard InChI is InChI=1S/C36H43FN2O6/c1-5-45-22-23-18-31(42-2)34(32(19-23)43-3)28-15-14-26-24(10-8-12-27(26)28)20-30(36(41)44-4)38-35(40)33-25(11-9-13-29(33)37)21-39-16-6-7-17-39/h8-13,18-19,28,30H,5-7,14-17,20-22H2,1-4H3,(H,38,40)/t28-,30-/m0/s1. The van der Waals surface area contributed by atoms with Gasteiger partial charge in [0.1, 0.15) is 23.4 Å². The molecule has 0 aromatic heterocycles. The average Bonchev–Trinajstić information content (AvgIpc) is 3.73. The molecule has 0 radical (unpaired) electrons. The Labute approximate surface area is 264 Å². The number of halogens is 1. The Hall–Kier alpha value is -3.95. The van der Waals surface area contributed by atoms with Crippen LogP contribution in [0.5, 0.6) is 11.5 Å². The van der Waals surface area contributed by atoms with Crippen molar-refractivity contribution in [2.75, 3.05) is 41.0 Å². The summed E-state index contributed by atoms with van der Waals surface area (Å²) in [6, 6.07) is 13.7. The topological polar surface area (TPSA) is 86.3 Å². The lowest BCUT2D eigenvalue weighted by Crippen LogP contribution is -2.44. The van der Waals surface area contributed by atoms with Crippen LogP contribution >= 0.6 is 0 Å². The summed E-state index contributed by atoms with van der Waals surface area (Å²) in [7, 11) is 4.61. The number of benzene rings is 3. The second kappa shape index (κ2) is 14.9. The SMILES string of the molecule is CCOCc1cc(OC)c([C@H]2CCc3c(C[C@H](NC(=O)c4c(F)cccc4CN4CCCC4)C(=O)OC)cccc32)c(OC)c1. The molecule has 1 saturated heterocycles. The number of likely N-dealkylation sites (tertiary alicyclic amines) is 1. The molecular weight excluding hydrogens is 575 g/mol. The number of carbonyl (C=O) groups excluding carboxylic acids is 2. The second-order valence-corrected chi connectivity index (χ2v) is 11.6. The second-order valence-electron chi connectivity index (χ2n) is 11.6. The highest BCUT2D eigenvalue weighted by molar-refractivity contribution is 5.98. The Morgan fingerprint density at radius 2 is 1.69 bits per heavy atom. The molecule has 1 aliphatic heterocycles. The molecule has 1 fully saturated rings.